The summed E-state index contributed by atoms with van der Waals surface area (Å²) in [5, 5.41) is 9.04. The third kappa shape index (κ3) is 7.39. The van der Waals surface area contributed by atoms with Crippen LogP contribution in [0.25, 0.3) is 0 Å². The highest BCUT2D eigenvalue weighted by Gasteiger charge is 2.25. The minimum absolute atomic E-state index is 0.0734. The lowest BCUT2D eigenvalue weighted by atomic mass is 10.1. The normalized spacial score (nSPS) is 11.0. The van der Waals surface area contributed by atoms with Gasteiger partial charge in [0.25, 0.3) is 0 Å². The maximum Gasteiger partial charge on any atom is 0.343 e. The molecule has 0 aliphatic heterocycles. The van der Waals surface area contributed by atoms with Gasteiger partial charge >= 0.3 is 11.9 Å². The van der Waals surface area contributed by atoms with E-state index in [1.54, 1.807) is 48.5 Å². The summed E-state index contributed by atoms with van der Waals surface area (Å²) in [6, 6.07) is 21.2. The second-order valence-corrected chi connectivity index (χ2v) is 9.86. The van der Waals surface area contributed by atoms with Crippen LogP contribution in [0.5, 0.6) is 5.75 Å². The Morgan fingerprint density at radius 2 is 1.49 bits per heavy atom. The summed E-state index contributed by atoms with van der Waals surface area (Å²) in [5.74, 6) is -0.484. The van der Waals surface area contributed by atoms with Crippen molar-refractivity contribution in [2.24, 2.45) is 0 Å². The third-order valence-corrected chi connectivity index (χ3v) is 7.37. The van der Waals surface area contributed by atoms with Crippen molar-refractivity contribution < 1.29 is 32.2 Å². The molecular formula is C27H26N2O7S. The molecule has 192 valence electrons. The fourth-order valence-corrected chi connectivity index (χ4v) is 4.84. The first kappa shape index (κ1) is 27.4. The van der Waals surface area contributed by atoms with Gasteiger partial charge in [0.1, 0.15) is 5.75 Å². The van der Waals surface area contributed by atoms with E-state index in [1.807, 2.05) is 6.07 Å². The van der Waals surface area contributed by atoms with Crippen LogP contribution in [0.4, 0.5) is 0 Å². The molecule has 0 N–H and O–H groups in total. The number of nitriles is 1. The van der Waals surface area contributed by atoms with Crippen molar-refractivity contribution in [3.8, 4) is 11.8 Å². The molecular weight excluding hydrogens is 496 g/mol. The van der Waals surface area contributed by atoms with Crippen LogP contribution in [-0.2, 0) is 37.3 Å². The smallest absolute Gasteiger partial charge is 0.343 e. The SMILES string of the molecule is COC(=O)COc1ccc(CCN(Cc2ccc(C(=O)OC)cc2)S(=O)(=O)c2ccc(C#N)cc2)cc1. The molecule has 0 fully saturated rings. The summed E-state index contributed by atoms with van der Waals surface area (Å²) in [6.07, 6.45) is 0.410. The molecule has 3 aromatic rings. The van der Waals surface area contributed by atoms with E-state index in [1.165, 1.54) is 42.8 Å². The Morgan fingerprint density at radius 3 is 2.05 bits per heavy atom. The van der Waals surface area contributed by atoms with E-state index in [4.69, 9.17) is 14.7 Å². The maximum atomic E-state index is 13.5. The number of rotatable bonds is 11. The monoisotopic (exact) mass is 522 g/mol. The number of sulfonamides is 1. The maximum absolute atomic E-state index is 13.5. The zero-order valence-corrected chi connectivity index (χ0v) is 21.2. The molecule has 0 bridgehead atoms. The number of methoxy groups -OCH3 is 2. The van der Waals surface area contributed by atoms with Gasteiger partial charge < -0.3 is 14.2 Å². The molecule has 0 aliphatic rings. The lowest BCUT2D eigenvalue weighted by Gasteiger charge is -2.23. The van der Waals surface area contributed by atoms with E-state index in [0.717, 1.165) is 5.56 Å². The molecule has 0 saturated carbocycles. The first-order chi connectivity index (χ1) is 17.8. The van der Waals surface area contributed by atoms with Crippen molar-refractivity contribution in [3.05, 3.63) is 95.1 Å². The minimum Gasteiger partial charge on any atom is -0.482 e. The predicted molar refractivity (Wildman–Crippen MR) is 134 cm³/mol. The third-order valence-electron chi connectivity index (χ3n) is 5.51. The molecule has 9 nitrogen and oxygen atoms in total. The number of carbonyl (C=O) groups excluding carboxylic acids is 2. The lowest BCUT2D eigenvalue weighted by molar-refractivity contribution is -0.142. The standard InChI is InChI=1S/C27H26N2O7S/c1-34-26(30)19-36-24-11-5-20(6-12-24)15-16-29(18-22-3-9-23(10-4-22)27(31)35-2)37(32,33)25-13-7-21(17-28)8-14-25/h3-14H,15-16,18-19H2,1-2H3. The van der Waals surface area contributed by atoms with Gasteiger partial charge in [-0.3, -0.25) is 0 Å². The van der Waals surface area contributed by atoms with Gasteiger partial charge in [-0.25, -0.2) is 18.0 Å². The Kier molecular flexibility index (Phi) is 9.38. The minimum atomic E-state index is -3.90. The van der Waals surface area contributed by atoms with Gasteiger partial charge in [0.05, 0.1) is 36.3 Å². The van der Waals surface area contributed by atoms with Crippen LogP contribution in [0.3, 0.4) is 0 Å². The number of hydrogen-bond acceptors (Lipinski definition) is 8. The zero-order valence-electron chi connectivity index (χ0n) is 20.4. The van der Waals surface area contributed by atoms with Crippen molar-refractivity contribution in [1.82, 2.24) is 4.31 Å². The molecule has 0 aromatic heterocycles. The highest BCUT2D eigenvalue weighted by Crippen LogP contribution is 2.21. The molecule has 0 amide bonds. The Morgan fingerprint density at radius 1 is 0.865 bits per heavy atom. The largest absolute Gasteiger partial charge is 0.482 e. The first-order valence-electron chi connectivity index (χ1n) is 11.2. The van der Waals surface area contributed by atoms with Crippen molar-refractivity contribution >= 4 is 22.0 Å². The van der Waals surface area contributed by atoms with E-state index in [0.29, 0.717) is 28.9 Å². The summed E-state index contributed by atoms with van der Waals surface area (Å²) in [5.41, 5.74) is 2.28. The molecule has 10 heteroatoms. The Balaban J connectivity index is 1.80. The van der Waals surface area contributed by atoms with Crippen molar-refractivity contribution in [2.75, 3.05) is 27.4 Å². The van der Waals surface area contributed by atoms with Crippen LogP contribution >= 0.6 is 0 Å². The molecule has 0 saturated heterocycles. The number of hydrogen-bond donors (Lipinski definition) is 0. The van der Waals surface area contributed by atoms with Crippen LogP contribution in [0.2, 0.25) is 0 Å². The van der Waals surface area contributed by atoms with Gasteiger partial charge in [0.15, 0.2) is 6.61 Å². The number of nitrogens with zero attached hydrogens (tertiary/aromatic N) is 2. The number of benzene rings is 3. The average molecular weight is 523 g/mol. The van der Waals surface area contributed by atoms with Gasteiger partial charge in [-0.15, -0.1) is 0 Å². The number of ether oxygens (including phenoxy) is 3. The van der Waals surface area contributed by atoms with Crippen molar-refractivity contribution in [3.63, 3.8) is 0 Å². The van der Waals surface area contributed by atoms with E-state index >= 15 is 0 Å². The molecule has 0 heterocycles. The van der Waals surface area contributed by atoms with Gasteiger partial charge in [-0.05, 0) is 66.1 Å². The molecule has 3 rings (SSSR count). The van der Waals surface area contributed by atoms with Gasteiger partial charge in [-0.1, -0.05) is 24.3 Å². The topological polar surface area (TPSA) is 123 Å². The van der Waals surface area contributed by atoms with Gasteiger partial charge in [0, 0.05) is 13.1 Å². The summed E-state index contributed by atoms with van der Waals surface area (Å²) < 4.78 is 43.0. The summed E-state index contributed by atoms with van der Waals surface area (Å²) in [4.78, 5) is 23.1. The fourth-order valence-electron chi connectivity index (χ4n) is 3.41. The van der Waals surface area contributed by atoms with Gasteiger partial charge in [-0.2, -0.15) is 9.57 Å². The first-order valence-corrected chi connectivity index (χ1v) is 12.7. The Bertz CT molecular complexity index is 1360. The van der Waals surface area contributed by atoms with Crippen LogP contribution < -0.4 is 4.74 Å². The van der Waals surface area contributed by atoms with Crippen molar-refractivity contribution in [2.45, 2.75) is 17.9 Å². The molecule has 0 atom stereocenters. The molecule has 0 unspecified atom stereocenters. The quantitative estimate of drug-likeness (QED) is 0.352. The molecule has 3 aromatic carbocycles. The highest BCUT2D eigenvalue weighted by molar-refractivity contribution is 7.89. The second-order valence-electron chi connectivity index (χ2n) is 7.92. The summed E-state index contributed by atoms with van der Waals surface area (Å²) in [7, 11) is -1.33. The van der Waals surface area contributed by atoms with Crippen LogP contribution in [-0.4, -0.2) is 52.0 Å². The van der Waals surface area contributed by atoms with E-state index in [9.17, 15) is 18.0 Å². The molecule has 0 radical (unpaired) electrons. The predicted octanol–water partition coefficient (Wildman–Crippen LogP) is 3.33. The van der Waals surface area contributed by atoms with E-state index in [-0.39, 0.29) is 24.6 Å². The lowest BCUT2D eigenvalue weighted by Crippen LogP contribution is -2.32. The number of esters is 2. The molecule has 0 aliphatic carbocycles. The second kappa shape index (κ2) is 12.7. The van der Waals surface area contributed by atoms with Crippen LogP contribution in [0.1, 0.15) is 27.0 Å². The number of carbonyl (C=O) groups is 2. The molecule has 37 heavy (non-hydrogen) atoms. The summed E-state index contributed by atoms with van der Waals surface area (Å²) >= 11 is 0. The van der Waals surface area contributed by atoms with E-state index in [2.05, 4.69) is 4.74 Å². The van der Waals surface area contributed by atoms with Crippen LogP contribution in [0.15, 0.2) is 77.7 Å². The van der Waals surface area contributed by atoms with Crippen LogP contribution in [0, 0.1) is 11.3 Å². The Hall–Kier alpha value is -4.20. The van der Waals surface area contributed by atoms with Gasteiger partial charge in [0.2, 0.25) is 10.0 Å². The zero-order chi connectivity index (χ0) is 26.8. The highest BCUT2D eigenvalue weighted by atomic mass is 32.2. The summed E-state index contributed by atoms with van der Waals surface area (Å²) in [6.45, 7) is 0.0365. The van der Waals surface area contributed by atoms with Crippen molar-refractivity contribution in [1.29, 1.82) is 5.26 Å². The Labute approximate surface area is 215 Å². The fraction of sp³-hybridized carbons (Fsp3) is 0.222. The molecule has 0 spiro atoms. The average Bonchev–Trinajstić information content (AvgIpc) is 2.94. The van der Waals surface area contributed by atoms with E-state index < -0.39 is 22.0 Å².